The normalized spacial score (nSPS) is 21.0. The van der Waals surface area contributed by atoms with E-state index in [9.17, 15) is 10.1 Å². The Morgan fingerprint density at radius 3 is 2.70 bits per heavy atom. The highest BCUT2D eigenvalue weighted by molar-refractivity contribution is 5.89. The first-order chi connectivity index (χ1) is 16.0. The van der Waals surface area contributed by atoms with E-state index in [-0.39, 0.29) is 5.78 Å². The van der Waals surface area contributed by atoms with Gasteiger partial charge in [-0.3, -0.25) is 4.79 Å². The third-order valence-electron chi connectivity index (χ3n) is 6.69. The van der Waals surface area contributed by atoms with Crippen LogP contribution in [-0.4, -0.2) is 28.8 Å². The number of nitriles is 2. The van der Waals surface area contributed by atoms with Gasteiger partial charge in [-0.2, -0.15) is 10.5 Å². The number of benzene rings is 2. The van der Waals surface area contributed by atoms with Gasteiger partial charge in [-0.05, 0) is 56.0 Å². The highest BCUT2D eigenvalue weighted by atomic mass is 16.1. The van der Waals surface area contributed by atoms with E-state index >= 15 is 0 Å². The van der Waals surface area contributed by atoms with Crippen LogP contribution in [0.2, 0.25) is 0 Å². The van der Waals surface area contributed by atoms with E-state index < -0.39 is 17.3 Å². The van der Waals surface area contributed by atoms with Gasteiger partial charge >= 0.3 is 0 Å². The van der Waals surface area contributed by atoms with E-state index in [0.717, 1.165) is 22.4 Å². The lowest BCUT2D eigenvalue weighted by molar-refractivity contribution is -0.128. The van der Waals surface area contributed by atoms with Crippen molar-refractivity contribution in [3.05, 3.63) is 89.0 Å². The number of aryl methyl sites for hydroxylation is 1. The van der Waals surface area contributed by atoms with Crippen LogP contribution in [0.1, 0.15) is 40.3 Å². The molecule has 0 amide bonds. The summed E-state index contributed by atoms with van der Waals surface area (Å²) in [5, 5.41) is 22.8. The van der Waals surface area contributed by atoms with Crippen LogP contribution in [-0.2, 0) is 17.6 Å². The molecule has 3 aromatic rings. The maximum absolute atomic E-state index is 14.1. The molecule has 6 heteroatoms. The molecule has 2 N–H and O–H groups in total. The molecule has 1 aromatic heterocycles. The van der Waals surface area contributed by atoms with Crippen LogP contribution in [0.25, 0.3) is 0 Å². The number of H-pyrrole nitrogens is 1. The second-order valence-corrected chi connectivity index (χ2v) is 8.92. The fourth-order valence-corrected chi connectivity index (χ4v) is 4.89. The van der Waals surface area contributed by atoms with Gasteiger partial charge in [0.2, 0.25) is 0 Å². The van der Waals surface area contributed by atoms with Crippen molar-refractivity contribution in [3.8, 4) is 12.1 Å². The lowest BCUT2D eigenvalue weighted by Gasteiger charge is -2.40. The molecule has 0 bridgehead atoms. The van der Waals surface area contributed by atoms with Crippen molar-refractivity contribution in [2.45, 2.75) is 32.1 Å². The first-order valence-corrected chi connectivity index (χ1v) is 11.2. The third kappa shape index (κ3) is 4.87. The van der Waals surface area contributed by atoms with Crippen LogP contribution in [0, 0.1) is 40.9 Å². The minimum atomic E-state index is -0.765. The van der Waals surface area contributed by atoms with Crippen molar-refractivity contribution in [2.24, 2.45) is 11.3 Å². The predicted molar refractivity (Wildman–Crippen MR) is 125 cm³/mol. The first-order valence-electron chi connectivity index (χ1n) is 11.2. The van der Waals surface area contributed by atoms with Crippen LogP contribution in [0.15, 0.2) is 61.1 Å². The molecule has 1 aliphatic heterocycles. The van der Waals surface area contributed by atoms with Crippen molar-refractivity contribution in [3.63, 3.8) is 0 Å². The molecule has 1 saturated heterocycles. The number of aromatic nitrogens is 2. The minimum absolute atomic E-state index is 0.0463. The standard InChI is InChI=1S/C27H27N5O/c1-19-3-2-4-22(11-19)13-27(17-29)9-10-30-15-24(27)26(33)23(25-16-31-18-32-25)12-20-5-7-21(14-28)8-6-20/h2-8,11,16,18,23-24,30H,9-10,12-13,15H2,1H3,(H,31,32). The molecule has 33 heavy (non-hydrogen) atoms. The molecule has 6 nitrogen and oxygen atoms in total. The molecular weight excluding hydrogens is 410 g/mol. The Morgan fingerprint density at radius 2 is 2.03 bits per heavy atom. The molecular formula is C27H27N5O. The summed E-state index contributed by atoms with van der Waals surface area (Å²) in [5.41, 5.74) is 3.76. The van der Waals surface area contributed by atoms with Gasteiger partial charge in [0.1, 0.15) is 5.78 Å². The molecule has 1 fully saturated rings. The average molecular weight is 438 g/mol. The monoisotopic (exact) mass is 437 g/mol. The van der Waals surface area contributed by atoms with Crippen molar-refractivity contribution >= 4 is 5.78 Å². The minimum Gasteiger partial charge on any atom is -0.348 e. The number of carbonyl (C=O) groups is 1. The highest BCUT2D eigenvalue weighted by Crippen LogP contribution is 2.41. The number of ketones is 1. The number of imidazole rings is 1. The molecule has 166 valence electrons. The number of piperidine rings is 1. The van der Waals surface area contributed by atoms with Crippen molar-refractivity contribution < 1.29 is 4.79 Å². The number of Topliss-reactive ketones (excluding diaryl/α,β-unsaturated/α-hetero) is 1. The van der Waals surface area contributed by atoms with Gasteiger partial charge in [-0.1, -0.05) is 42.0 Å². The number of aromatic amines is 1. The van der Waals surface area contributed by atoms with Gasteiger partial charge < -0.3 is 10.3 Å². The smallest absolute Gasteiger partial charge is 0.148 e. The molecule has 0 radical (unpaired) electrons. The van der Waals surface area contributed by atoms with Crippen molar-refractivity contribution in [2.75, 3.05) is 13.1 Å². The Labute approximate surface area is 194 Å². The van der Waals surface area contributed by atoms with Gasteiger partial charge in [-0.25, -0.2) is 4.98 Å². The van der Waals surface area contributed by atoms with Gasteiger partial charge in [0.15, 0.2) is 0 Å². The highest BCUT2D eigenvalue weighted by Gasteiger charge is 2.47. The maximum Gasteiger partial charge on any atom is 0.148 e. The Hall–Kier alpha value is -3.74. The van der Waals surface area contributed by atoms with Gasteiger partial charge in [0.25, 0.3) is 0 Å². The largest absolute Gasteiger partial charge is 0.348 e. The zero-order chi connectivity index (χ0) is 23.3. The lowest BCUT2D eigenvalue weighted by Crippen LogP contribution is -2.50. The number of hydrogen-bond acceptors (Lipinski definition) is 5. The SMILES string of the molecule is Cc1cccc(CC2(C#N)CCNCC2C(=O)C(Cc2ccc(C#N)cc2)c2cnc[nH]2)c1. The zero-order valence-electron chi connectivity index (χ0n) is 18.7. The molecule has 3 atom stereocenters. The molecule has 2 heterocycles. The summed E-state index contributed by atoms with van der Waals surface area (Å²) in [6.45, 7) is 3.24. The summed E-state index contributed by atoms with van der Waals surface area (Å²) in [6, 6.07) is 20.2. The number of rotatable bonds is 7. The van der Waals surface area contributed by atoms with Crippen LogP contribution in [0.4, 0.5) is 0 Å². The maximum atomic E-state index is 14.1. The molecule has 2 aromatic carbocycles. The molecule has 1 aliphatic rings. The topological polar surface area (TPSA) is 105 Å². The fraction of sp³-hybridized carbons (Fsp3) is 0.333. The Balaban J connectivity index is 1.66. The van der Waals surface area contributed by atoms with E-state index in [1.807, 2.05) is 37.3 Å². The van der Waals surface area contributed by atoms with Crippen LogP contribution < -0.4 is 5.32 Å². The fourth-order valence-electron chi connectivity index (χ4n) is 4.89. The summed E-state index contributed by atoms with van der Waals surface area (Å²) in [5.74, 6) is -0.843. The molecule has 3 unspecified atom stereocenters. The number of hydrogen-bond donors (Lipinski definition) is 2. The van der Waals surface area contributed by atoms with Crippen LogP contribution in [0.5, 0.6) is 0 Å². The van der Waals surface area contributed by atoms with Crippen LogP contribution in [0.3, 0.4) is 0 Å². The van der Waals surface area contributed by atoms with E-state index in [4.69, 9.17) is 5.26 Å². The van der Waals surface area contributed by atoms with E-state index in [1.165, 1.54) is 0 Å². The quantitative estimate of drug-likeness (QED) is 0.584. The average Bonchev–Trinajstić information content (AvgIpc) is 3.37. The summed E-state index contributed by atoms with van der Waals surface area (Å²) >= 11 is 0. The van der Waals surface area contributed by atoms with E-state index in [2.05, 4.69) is 33.5 Å². The third-order valence-corrected chi connectivity index (χ3v) is 6.69. The van der Waals surface area contributed by atoms with E-state index in [0.29, 0.717) is 37.9 Å². The Morgan fingerprint density at radius 1 is 1.21 bits per heavy atom. The summed E-state index contributed by atoms with van der Waals surface area (Å²) in [4.78, 5) is 21.3. The zero-order valence-corrected chi connectivity index (χ0v) is 18.7. The molecule has 0 saturated carbocycles. The second-order valence-electron chi connectivity index (χ2n) is 8.92. The Bertz CT molecular complexity index is 1190. The summed E-state index contributed by atoms with van der Waals surface area (Å²) in [7, 11) is 0. The van der Waals surface area contributed by atoms with Gasteiger partial charge in [-0.15, -0.1) is 0 Å². The summed E-state index contributed by atoms with van der Waals surface area (Å²) < 4.78 is 0. The Kier molecular flexibility index (Phi) is 6.68. The molecule has 4 rings (SSSR count). The second kappa shape index (κ2) is 9.81. The van der Waals surface area contributed by atoms with E-state index in [1.54, 1.807) is 24.7 Å². The molecule has 0 aliphatic carbocycles. The summed E-state index contributed by atoms with van der Waals surface area (Å²) in [6.07, 6.45) is 4.93. The van der Waals surface area contributed by atoms with Crippen molar-refractivity contribution in [1.29, 1.82) is 10.5 Å². The van der Waals surface area contributed by atoms with Crippen LogP contribution >= 0.6 is 0 Å². The number of carbonyl (C=O) groups excluding carboxylic acids is 1. The lowest BCUT2D eigenvalue weighted by atomic mass is 9.64. The number of nitrogens with one attached hydrogen (secondary N) is 2. The first kappa shape index (κ1) is 22.5. The van der Waals surface area contributed by atoms with Gasteiger partial charge in [0.05, 0.1) is 35.4 Å². The van der Waals surface area contributed by atoms with Crippen molar-refractivity contribution in [1.82, 2.24) is 15.3 Å². The molecule has 0 spiro atoms. The predicted octanol–water partition coefficient (Wildman–Crippen LogP) is 3.85. The number of nitrogens with zero attached hydrogens (tertiary/aromatic N) is 3. The van der Waals surface area contributed by atoms with Gasteiger partial charge in [0, 0.05) is 24.4 Å².